The third-order valence-electron chi connectivity index (χ3n) is 2.15. The number of carbonyl (C=O) groups is 1. The van der Waals surface area contributed by atoms with Gasteiger partial charge in [0.15, 0.2) is 6.29 Å². The summed E-state index contributed by atoms with van der Waals surface area (Å²) in [5, 5.41) is 21.2. The molecular formula is C7H14NO8P. The standard InChI is InChI=1S/C7H14NO8P/c1-3(9)8-5-6(10)4(16-7(5)11)2-15-17(12,13)14/h4-7,10-11H,2H2,1H3,(H,8,9)(H2,12,13,14)/t4-,5-,6-,7-/m1/s1. The number of phosphoric acid groups is 1. The summed E-state index contributed by atoms with van der Waals surface area (Å²) in [7, 11) is -4.67. The van der Waals surface area contributed by atoms with Crippen molar-refractivity contribution >= 4 is 13.7 Å². The van der Waals surface area contributed by atoms with Crippen LogP contribution in [0.1, 0.15) is 6.92 Å². The van der Waals surface area contributed by atoms with E-state index in [1.54, 1.807) is 0 Å². The Morgan fingerprint density at radius 3 is 2.53 bits per heavy atom. The lowest BCUT2D eigenvalue weighted by molar-refractivity contribution is -0.127. The molecule has 4 atom stereocenters. The number of carbonyl (C=O) groups excluding carboxylic acids is 1. The molecule has 5 N–H and O–H groups in total. The Morgan fingerprint density at radius 1 is 1.47 bits per heavy atom. The van der Waals surface area contributed by atoms with Crippen LogP contribution < -0.4 is 5.32 Å². The Labute approximate surface area is 96.6 Å². The van der Waals surface area contributed by atoms with Gasteiger partial charge in [-0.3, -0.25) is 9.32 Å². The SMILES string of the molecule is CC(=O)N[C@@H]1[C@H](O)[C@@H](COP(=O)(O)O)O[C@H]1O. The Hall–Kier alpha value is -0.540. The number of nitrogens with one attached hydrogen (secondary N) is 1. The van der Waals surface area contributed by atoms with Crippen molar-refractivity contribution in [3.63, 3.8) is 0 Å². The Bertz CT molecular complexity index is 330. The van der Waals surface area contributed by atoms with E-state index in [1.165, 1.54) is 6.92 Å². The van der Waals surface area contributed by atoms with Gasteiger partial charge in [-0.1, -0.05) is 0 Å². The number of rotatable bonds is 4. The van der Waals surface area contributed by atoms with Gasteiger partial charge in [0.2, 0.25) is 5.91 Å². The first-order chi connectivity index (χ1) is 7.70. The van der Waals surface area contributed by atoms with Crippen LogP contribution in [0, 0.1) is 0 Å². The van der Waals surface area contributed by atoms with Crippen LogP contribution in [0.15, 0.2) is 0 Å². The van der Waals surface area contributed by atoms with E-state index in [9.17, 15) is 19.6 Å². The van der Waals surface area contributed by atoms with Crippen molar-refractivity contribution in [2.75, 3.05) is 6.61 Å². The van der Waals surface area contributed by atoms with Crippen LogP contribution >= 0.6 is 7.82 Å². The van der Waals surface area contributed by atoms with Gasteiger partial charge in [0, 0.05) is 6.92 Å². The van der Waals surface area contributed by atoms with Gasteiger partial charge >= 0.3 is 7.82 Å². The summed E-state index contributed by atoms with van der Waals surface area (Å²) in [5.74, 6) is -0.478. The van der Waals surface area contributed by atoms with E-state index in [-0.39, 0.29) is 0 Å². The highest BCUT2D eigenvalue weighted by molar-refractivity contribution is 7.46. The second-order valence-electron chi connectivity index (χ2n) is 3.57. The zero-order valence-electron chi connectivity index (χ0n) is 8.89. The number of hydrogen-bond donors (Lipinski definition) is 5. The maximum atomic E-state index is 10.8. The predicted octanol–water partition coefficient (Wildman–Crippen LogP) is -2.32. The smallest absolute Gasteiger partial charge is 0.388 e. The fraction of sp³-hybridized carbons (Fsp3) is 0.857. The molecule has 1 aliphatic heterocycles. The molecule has 1 amide bonds. The average molecular weight is 271 g/mol. The molecule has 1 aliphatic rings. The van der Waals surface area contributed by atoms with Gasteiger partial charge in [0.05, 0.1) is 6.61 Å². The van der Waals surface area contributed by atoms with Crippen molar-refractivity contribution in [3.05, 3.63) is 0 Å². The summed E-state index contributed by atoms with van der Waals surface area (Å²) in [6, 6.07) is -1.06. The molecular weight excluding hydrogens is 257 g/mol. The molecule has 100 valence electrons. The summed E-state index contributed by atoms with van der Waals surface area (Å²) in [4.78, 5) is 27.7. The number of amides is 1. The van der Waals surface area contributed by atoms with Gasteiger partial charge in [-0.05, 0) is 0 Å². The molecule has 0 aromatic rings. The van der Waals surface area contributed by atoms with Gasteiger partial charge in [0.25, 0.3) is 0 Å². The first kappa shape index (κ1) is 14.5. The third-order valence-corrected chi connectivity index (χ3v) is 2.63. The summed E-state index contributed by atoms with van der Waals surface area (Å²) in [6.45, 7) is 0.595. The maximum Gasteiger partial charge on any atom is 0.469 e. The van der Waals surface area contributed by atoms with Gasteiger partial charge in [-0.2, -0.15) is 0 Å². The Kier molecular flexibility index (Phi) is 4.62. The Morgan fingerprint density at radius 2 is 2.06 bits per heavy atom. The van der Waals surface area contributed by atoms with Crippen molar-refractivity contribution in [3.8, 4) is 0 Å². The summed E-state index contributed by atoms with van der Waals surface area (Å²) in [5.41, 5.74) is 0. The number of ether oxygens (including phenoxy) is 1. The largest absolute Gasteiger partial charge is 0.469 e. The highest BCUT2D eigenvalue weighted by atomic mass is 31.2. The van der Waals surface area contributed by atoms with Crippen LogP contribution in [0.4, 0.5) is 0 Å². The predicted molar refractivity (Wildman–Crippen MR) is 52.5 cm³/mol. The summed E-state index contributed by atoms with van der Waals surface area (Å²) < 4.78 is 19.4. The van der Waals surface area contributed by atoms with Crippen LogP contribution in [0.5, 0.6) is 0 Å². The highest BCUT2D eigenvalue weighted by Crippen LogP contribution is 2.37. The van der Waals surface area contributed by atoms with Crippen molar-refractivity contribution < 1.29 is 38.6 Å². The maximum absolute atomic E-state index is 10.8. The van der Waals surface area contributed by atoms with E-state index >= 15 is 0 Å². The molecule has 0 unspecified atom stereocenters. The molecule has 9 nitrogen and oxygen atoms in total. The van der Waals surface area contributed by atoms with Gasteiger partial charge in [-0.15, -0.1) is 0 Å². The molecule has 0 aliphatic carbocycles. The van der Waals surface area contributed by atoms with Crippen molar-refractivity contribution in [1.29, 1.82) is 0 Å². The van der Waals surface area contributed by atoms with Crippen LogP contribution in [-0.2, 0) is 18.6 Å². The average Bonchev–Trinajstić information content (AvgIpc) is 2.41. The van der Waals surface area contributed by atoms with Gasteiger partial charge in [0.1, 0.15) is 18.2 Å². The first-order valence-corrected chi connectivity index (χ1v) is 6.22. The minimum Gasteiger partial charge on any atom is -0.388 e. The van der Waals surface area contributed by atoms with Crippen molar-refractivity contribution in [1.82, 2.24) is 5.32 Å². The van der Waals surface area contributed by atoms with Gasteiger partial charge < -0.3 is 30.1 Å². The molecule has 0 radical (unpaired) electrons. The molecule has 0 aromatic carbocycles. The van der Waals surface area contributed by atoms with Crippen LogP contribution in [0.2, 0.25) is 0 Å². The van der Waals surface area contributed by atoms with Crippen molar-refractivity contribution in [2.45, 2.75) is 31.5 Å². The fourth-order valence-corrected chi connectivity index (χ4v) is 1.79. The van der Waals surface area contributed by atoms with E-state index in [0.717, 1.165) is 0 Å². The fourth-order valence-electron chi connectivity index (χ4n) is 1.44. The molecule has 1 rings (SSSR count). The van der Waals surface area contributed by atoms with E-state index in [0.29, 0.717) is 0 Å². The van der Waals surface area contributed by atoms with E-state index in [1.807, 2.05) is 0 Å². The zero-order valence-corrected chi connectivity index (χ0v) is 9.78. The highest BCUT2D eigenvalue weighted by Gasteiger charge is 2.44. The zero-order chi connectivity index (χ0) is 13.2. The Balaban J connectivity index is 2.55. The summed E-state index contributed by atoms with van der Waals surface area (Å²) >= 11 is 0. The molecule has 0 bridgehead atoms. The third kappa shape index (κ3) is 4.32. The van der Waals surface area contributed by atoms with Crippen LogP contribution in [-0.4, -0.2) is 57.1 Å². The molecule has 0 aromatic heterocycles. The summed E-state index contributed by atoms with van der Waals surface area (Å²) in [6.07, 6.45) is -3.91. The normalized spacial score (nSPS) is 33.7. The number of hydrogen-bond acceptors (Lipinski definition) is 6. The molecule has 0 spiro atoms. The lowest BCUT2D eigenvalue weighted by atomic mass is 10.1. The van der Waals surface area contributed by atoms with E-state index < -0.39 is 44.9 Å². The van der Waals surface area contributed by atoms with E-state index in [4.69, 9.17) is 14.5 Å². The first-order valence-electron chi connectivity index (χ1n) is 4.69. The topological polar surface area (TPSA) is 146 Å². The molecule has 1 heterocycles. The molecule has 17 heavy (non-hydrogen) atoms. The molecule has 10 heteroatoms. The lowest BCUT2D eigenvalue weighted by Gasteiger charge is -2.18. The van der Waals surface area contributed by atoms with Crippen molar-refractivity contribution in [2.24, 2.45) is 0 Å². The molecule has 0 saturated carbocycles. The molecule has 1 saturated heterocycles. The monoisotopic (exact) mass is 271 g/mol. The number of phosphoric ester groups is 1. The second-order valence-corrected chi connectivity index (χ2v) is 4.81. The van der Waals surface area contributed by atoms with Crippen LogP contribution in [0.3, 0.4) is 0 Å². The van der Waals surface area contributed by atoms with E-state index in [2.05, 4.69) is 9.84 Å². The minimum absolute atomic E-state index is 0.478. The van der Waals surface area contributed by atoms with Crippen LogP contribution in [0.25, 0.3) is 0 Å². The quantitative estimate of drug-likeness (QED) is 0.358. The number of aliphatic hydroxyl groups is 2. The molecule has 1 fully saturated rings. The minimum atomic E-state index is -4.67. The van der Waals surface area contributed by atoms with Gasteiger partial charge in [-0.25, -0.2) is 4.57 Å². The second kappa shape index (κ2) is 5.40. The number of aliphatic hydroxyl groups excluding tert-OH is 2. The lowest BCUT2D eigenvalue weighted by Crippen LogP contribution is -2.47.